The summed E-state index contributed by atoms with van der Waals surface area (Å²) in [6, 6.07) is 0. The molecule has 0 radical (unpaired) electrons. The first-order valence-electron chi connectivity index (χ1n) is 12.4. The summed E-state index contributed by atoms with van der Waals surface area (Å²) in [4.78, 5) is 46.4. The summed E-state index contributed by atoms with van der Waals surface area (Å²) in [6.07, 6.45) is -4.26. The number of nitrogens with one attached hydrogen (secondary N) is 1. The Labute approximate surface area is 233 Å². The van der Waals surface area contributed by atoms with Crippen molar-refractivity contribution in [2.75, 3.05) is 19.3 Å². The number of fused-ring (bicyclic) bond motifs is 2. The summed E-state index contributed by atoms with van der Waals surface area (Å²) in [5, 5.41) is 11.2. The van der Waals surface area contributed by atoms with E-state index in [-0.39, 0.29) is 17.1 Å². The monoisotopic (exact) mass is 605 g/mol. The first-order valence-corrected chi connectivity index (χ1v) is 13.9. The number of hydrogen-bond acceptors (Lipinski definition) is 14. The van der Waals surface area contributed by atoms with Gasteiger partial charge in [0.15, 0.2) is 29.2 Å². The Kier molecular flexibility index (Phi) is 7.63. The molecule has 2 aliphatic rings. The number of hydrogen-bond donors (Lipinski definition) is 3. The van der Waals surface area contributed by atoms with Crippen molar-refractivity contribution in [3.05, 3.63) is 16.7 Å². The third kappa shape index (κ3) is 5.49. The van der Waals surface area contributed by atoms with E-state index in [0.717, 1.165) is 10.9 Å². The van der Waals surface area contributed by atoms with Crippen molar-refractivity contribution in [2.24, 2.45) is 10.8 Å². The van der Waals surface area contributed by atoms with Crippen molar-refractivity contribution in [1.29, 1.82) is 0 Å². The van der Waals surface area contributed by atoms with Crippen molar-refractivity contribution in [2.45, 2.75) is 78.2 Å². The zero-order valence-electron chi connectivity index (χ0n) is 23.5. The van der Waals surface area contributed by atoms with Gasteiger partial charge in [-0.3, -0.25) is 28.5 Å². The molecular formula is C23H33FN5O11P. The Hall–Kier alpha value is -2.95. The maximum absolute atomic E-state index is 15.8. The Balaban J connectivity index is 1.52. The van der Waals surface area contributed by atoms with Crippen LogP contribution in [0.15, 0.2) is 11.1 Å². The number of imidazole rings is 1. The number of anilines is 1. The van der Waals surface area contributed by atoms with Gasteiger partial charge in [0.25, 0.3) is 5.56 Å². The van der Waals surface area contributed by atoms with Crippen molar-refractivity contribution in [1.82, 2.24) is 19.5 Å². The van der Waals surface area contributed by atoms with E-state index in [2.05, 4.69) is 15.0 Å². The van der Waals surface area contributed by atoms with Gasteiger partial charge < -0.3 is 25.1 Å². The number of H-pyrrole nitrogens is 1. The minimum Gasteiger partial charge on any atom is -0.437 e. The number of nitrogens with zero attached hydrogens (tertiary/aromatic N) is 3. The normalized spacial score (nSPS) is 28.0. The summed E-state index contributed by atoms with van der Waals surface area (Å²) in [7, 11) is -4.78. The molecule has 4 N–H and O–H groups in total. The molecule has 1 aliphatic heterocycles. The smallest absolute Gasteiger partial charge is 0.437 e. The van der Waals surface area contributed by atoms with Gasteiger partial charge in [-0.2, -0.15) is 4.98 Å². The lowest BCUT2D eigenvalue weighted by Crippen LogP contribution is -2.34. The molecule has 41 heavy (non-hydrogen) atoms. The third-order valence-electron chi connectivity index (χ3n) is 6.63. The summed E-state index contributed by atoms with van der Waals surface area (Å²) in [5.41, 5.74) is -1.31. The molecule has 3 heterocycles. The third-order valence-corrected chi connectivity index (χ3v) is 7.95. The van der Waals surface area contributed by atoms with Crippen LogP contribution in [0, 0.1) is 10.8 Å². The lowest BCUT2D eigenvalue weighted by Gasteiger charge is -2.25. The van der Waals surface area contributed by atoms with Crippen LogP contribution in [0.4, 0.5) is 10.3 Å². The lowest BCUT2D eigenvalue weighted by molar-refractivity contribution is -0.164. The second-order valence-corrected chi connectivity index (χ2v) is 13.5. The summed E-state index contributed by atoms with van der Waals surface area (Å²) < 4.78 is 61.7. The van der Waals surface area contributed by atoms with Crippen LogP contribution in [0.3, 0.4) is 0 Å². The SMILES string of the molecule is CC(C)(C)C(=O)OCOP(=O)(OCOC(=O)C(C)(C)C)OC1[C@@]2(C)O[C@@H](n3cnc4c(=O)[nH]c(N)nc43)[C@H](F)[C@@]12O. The van der Waals surface area contributed by atoms with E-state index in [9.17, 15) is 24.1 Å². The number of halogens is 1. The van der Waals surface area contributed by atoms with Crippen molar-refractivity contribution >= 4 is 36.9 Å². The molecule has 0 aromatic carbocycles. The maximum Gasteiger partial charge on any atom is 0.481 e. The fourth-order valence-corrected chi connectivity index (χ4v) is 5.30. The molecule has 1 unspecified atom stereocenters. The number of phosphoric ester groups is 1. The van der Waals surface area contributed by atoms with Crippen LogP contribution >= 0.6 is 7.82 Å². The number of phosphoric acid groups is 1. The largest absolute Gasteiger partial charge is 0.481 e. The number of esters is 2. The van der Waals surface area contributed by atoms with Crippen LogP contribution < -0.4 is 11.3 Å². The predicted molar refractivity (Wildman–Crippen MR) is 136 cm³/mol. The molecule has 4 rings (SSSR count). The van der Waals surface area contributed by atoms with Crippen LogP contribution in [0.5, 0.6) is 0 Å². The molecule has 2 fully saturated rings. The molecule has 1 saturated heterocycles. The Morgan fingerprint density at radius 1 is 1.17 bits per heavy atom. The maximum atomic E-state index is 15.8. The average Bonchev–Trinajstić information content (AvgIpc) is 3.11. The number of aromatic nitrogens is 4. The Morgan fingerprint density at radius 3 is 2.17 bits per heavy atom. The molecule has 228 valence electrons. The molecule has 1 aliphatic carbocycles. The highest BCUT2D eigenvalue weighted by atomic mass is 31.2. The molecule has 0 amide bonds. The van der Waals surface area contributed by atoms with Gasteiger partial charge in [-0.05, 0) is 48.5 Å². The Bertz CT molecular complexity index is 1430. The van der Waals surface area contributed by atoms with E-state index >= 15 is 4.39 Å². The van der Waals surface area contributed by atoms with Crippen molar-refractivity contribution in [3.8, 4) is 0 Å². The number of nitrogen functional groups attached to an aromatic ring is 1. The van der Waals surface area contributed by atoms with Crippen LogP contribution in [0.2, 0.25) is 0 Å². The van der Waals surface area contributed by atoms with Crippen LogP contribution in [0.1, 0.15) is 54.7 Å². The zero-order chi connectivity index (χ0) is 30.8. The van der Waals surface area contributed by atoms with Gasteiger partial charge >= 0.3 is 19.8 Å². The number of aliphatic hydroxyl groups is 1. The highest BCUT2D eigenvalue weighted by Gasteiger charge is 2.88. The summed E-state index contributed by atoms with van der Waals surface area (Å²) >= 11 is 0. The van der Waals surface area contributed by atoms with Gasteiger partial charge in [-0.15, -0.1) is 0 Å². The molecule has 18 heteroatoms. The number of rotatable bonds is 9. The molecular weight excluding hydrogens is 572 g/mol. The number of nitrogens with two attached hydrogens (primary N) is 1. The van der Waals surface area contributed by atoms with Gasteiger partial charge in [-0.25, -0.2) is 23.0 Å². The fourth-order valence-electron chi connectivity index (χ4n) is 4.12. The molecule has 0 bridgehead atoms. The van der Waals surface area contributed by atoms with Crippen LogP contribution in [0.25, 0.3) is 11.2 Å². The van der Waals surface area contributed by atoms with E-state index in [1.807, 2.05) is 0 Å². The topological polar surface area (TPSA) is 216 Å². The standard InChI is InChI=1S/C23H33FN5O11P/c1-20(2,3)17(31)35-9-37-41(34,38-10-36-18(32)21(4,5)6)40-16-22(7)23(16,33)12(24)15(39-22)29-8-26-11-13(29)27-19(25)28-14(11)30/h8,12,15-16,33H,9-10H2,1-7H3,(H3,25,27,28,30)/t12-,15+,16?,22+,23+/m0/s1. The van der Waals surface area contributed by atoms with E-state index in [1.165, 1.54) is 6.92 Å². The molecule has 2 aromatic heterocycles. The summed E-state index contributed by atoms with van der Waals surface area (Å²) in [5.74, 6) is -1.65. The van der Waals surface area contributed by atoms with Gasteiger partial charge in [0.1, 0.15) is 11.7 Å². The summed E-state index contributed by atoms with van der Waals surface area (Å²) in [6.45, 7) is 8.97. The average molecular weight is 606 g/mol. The second-order valence-electron chi connectivity index (χ2n) is 11.9. The molecule has 16 nitrogen and oxygen atoms in total. The van der Waals surface area contributed by atoms with Crippen LogP contribution in [-0.2, 0) is 41.9 Å². The number of aromatic amines is 1. The lowest BCUT2D eigenvalue weighted by atomic mass is 9.98. The first kappa shape index (κ1) is 31.0. The number of carbonyl (C=O) groups is 2. The van der Waals surface area contributed by atoms with E-state index in [0.29, 0.717) is 0 Å². The van der Waals surface area contributed by atoms with Gasteiger partial charge in [-0.1, -0.05) is 0 Å². The number of ether oxygens (including phenoxy) is 3. The van der Waals surface area contributed by atoms with E-state index in [1.54, 1.807) is 41.5 Å². The highest BCUT2D eigenvalue weighted by Crippen LogP contribution is 2.69. The number of alkyl halides is 1. The van der Waals surface area contributed by atoms with E-state index in [4.69, 9.17) is 33.5 Å². The minimum atomic E-state index is -4.78. The molecule has 2 aromatic rings. The van der Waals surface area contributed by atoms with Crippen molar-refractivity contribution in [3.63, 3.8) is 0 Å². The fraction of sp³-hybridized carbons (Fsp3) is 0.696. The van der Waals surface area contributed by atoms with Gasteiger partial charge in [0.05, 0.1) is 17.2 Å². The van der Waals surface area contributed by atoms with Crippen LogP contribution in [-0.4, -0.2) is 73.6 Å². The van der Waals surface area contributed by atoms with E-state index < -0.39 is 79.4 Å². The molecule has 1 saturated carbocycles. The minimum absolute atomic E-state index is 0.0939. The van der Waals surface area contributed by atoms with Gasteiger partial charge in [0, 0.05) is 0 Å². The van der Waals surface area contributed by atoms with Gasteiger partial charge in [0.2, 0.25) is 19.5 Å². The number of carbonyl (C=O) groups excluding carboxylic acids is 2. The quantitative estimate of drug-likeness (QED) is 0.211. The predicted octanol–water partition coefficient (Wildman–Crippen LogP) is 1.69. The first-order chi connectivity index (χ1) is 18.7. The molecule has 0 spiro atoms. The highest BCUT2D eigenvalue weighted by molar-refractivity contribution is 7.48. The molecule has 5 atom stereocenters. The van der Waals surface area contributed by atoms with Crippen molar-refractivity contribution < 1.29 is 51.4 Å². The second kappa shape index (κ2) is 10.1. The zero-order valence-corrected chi connectivity index (χ0v) is 24.4. The Morgan fingerprint density at radius 2 is 1.71 bits per heavy atom.